The van der Waals surface area contributed by atoms with Crippen molar-refractivity contribution in [2.75, 3.05) is 19.1 Å². The molecule has 2 rings (SSSR count). The zero-order chi connectivity index (χ0) is 14.7. The number of aryl methyl sites for hydroxylation is 2. The van der Waals surface area contributed by atoms with Crippen LogP contribution in [-0.4, -0.2) is 24.4 Å². The Morgan fingerprint density at radius 3 is 2.55 bits per heavy atom. The van der Waals surface area contributed by atoms with Crippen molar-refractivity contribution in [1.29, 1.82) is 0 Å². The Balaban J connectivity index is 2.16. The van der Waals surface area contributed by atoms with E-state index in [0.29, 0.717) is 6.54 Å². The van der Waals surface area contributed by atoms with E-state index in [0.717, 1.165) is 22.6 Å². The molecule has 0 unspecified atom stereocenters. The fourth-order valence-electron chi connectivity index (χ4n) is 1.88. The average Bonchev–Trinajstić information content (AvgIpc) is 2.42. The summed E-state index contributed by atoms with van der Waals surface area (Å²) in [4.78, 5) is 1.93. The molecule has 0 amide bonds. The third-order valence-electron chi connectivity index (χ3n) is 3.25. The summed E-state index contributed by atoms with van der Waals surface area (Å²) in [5.41, 5.74) is 2.85. The Bertz CT molecular complexity index is 616. The predicted molar refractivity (Wildman–Crippen MR) is 76.6 cm³/mol. The molecule has 106 valence electrons. The molecule has 0 atom stereocenters. The van der Waals surface area contributed by atoms with E-state index >= 15 is 0 Å². The Morgan fingerprint density at radius 2 is 1.95 bits per heavy atom. The summed E-state index contributed by atoms with van der Waals surface area (Å²) in [6.07, 6.45) is 0. The van der Waals surface area contributed by atoms with Crippen LogP contribution in [0.1, 0.15) is 16.8 Å². The number of rotatable bonds is 4. The van der Waals surface area contributed by atoms with Gasteiger partial charge in [-0.15, -0.1) is 5.10 Å². The monoisotopic (exact) mass is 275 g/mol. The van der Waals surface area contributed by atoms with Gasteiger partial charge in [0.25, 0.3) is 0 Å². The van der Waals surface area contributed by atoms with Crippen LogP contribution in [0.15, 0.2) is 24.3 Å². The van der Waals surface area contributed by atoms with Crippen LogP contribution in [0.5, 0.6) is 5.75 Å². The van der Waals surface area contributed by atoms with E-state index in [2.05, 4.69) is 10.2 Å². The van der Waals surface area contributed by atoms with Gasteiger partial charge in [-0.1, -0.05) is 6.07 Å². The summed E-state index contributed by atoms with van der Waals surface area (Å²) < 4.78 is 18.6. The number of ether oxygens (including phenoxy) is 1. The number of hydrogen-bond donors (Lipinski definition) is 0. The molecule has 20 heavy (non-hydrogen) atoms. The first-order valence-corrected chi connectivity index (χ1v) is 6.35. The summed E-state index contributed by atoms with van der Waals surface area (Å²) in [6.45, 7) is 4.47. The van der Waals surface area contributed by atoms with E-state index in [9.17, 15) is 4.39 Å². The van der Waals surface area contributed by atoms with Gasteiger partial charge in [-0.2, -0.15) is 5.10 Å². The van der Waals surface area contributed by atoms with Gasteiger partial charge in [-0.3, -0.25) is 0 Å². The zero-order valence-electron chi connectivity index (χ0n) is 12.1. The molecule has 0 saturated heterocycles. The molecule has 0 spiro atoms. The Labute approximate surface area is 118 Å². The number of methoxy groups -OCH3 is 1. The van der Waals surface area contributed by atoms with E-state index in [1.807, 2.05) is 37.9 Å². The number of aromatic nitrogens is 2. The van der Waals surface area contributed by atoms with Gasteiger partial charge >= 0.3 is 0 Å². The first kappa shape index (κ1) is 14.2. The van der Waals surface area contributed by atoms with Gasteiger partial charge in [0, 0.05) is 13.6 Å². The van der Waals surface area contributed by atoms with Gasteiger partial charge in [0.05, 0.1) is 12.8 Å². The van der Waals surface area contributed by atoms with E-state index in [4.69, 9.17) is 4.74 Å². The zero-order valence-corrected chi connectivity index (χ0v) is 12.1. The summed E-state index contributed by atoms with van der Waals surface area (Å²) in [5, 5.41) is 8.25. The molecular formula is C15H18FN3O. The van der Waals surface area contributed by atoms with E-state index in [1.54, 1.807) is 6.07 Å². The molecule has 1 aromatic carbocycles. The van der Waals surface area contributed by atoms with Crippen LogP contribution in [0, 0.1) is 19.7 Å². The van der Waals surface area contributed by atoms with Gasteiger partial charge in [0.15, 0.2) is 17.4 Å². The van der Waals surface area contributed by atoms with Crippen LogP contribution in [0.2, 0.25) is 0 Å². The van der Waals surface area contributed by atoms with Gasteiger partial charge in [-0.05, 0) is 43.2 Å². The normalized spacial score (nSPS) is 10.4. The van der Waals surface area contributed by atoms with E-state index in [-0.39, 0.29) is 11.6 Å². The molecule has 0 bridgehead atoms. The molecule has 1 aromatic heterocycles. The second-order valence-corrected chi connectivity index (χ2v) is 4.80. The topological polar surface area (TPSA) is 38.2 Å². The summed E-state index contributed by atoms with van der Waals surface area (Å²) in [7, 11) is 3.36. The predicted octanol–water partition coefficient (Wildman–Crippen LogP) is 2.88. The second-order valence-electron chi connectivity index (χ2n) is 4.80. The third kappa shape index (κ3) is 3.04. The molecule has 1 heterocycles. The van der Waals surface area contributed by atoms with Crippen molar-refractivity contribution in [3.05, 3.63) is 46.9 Å². The van der Waals surface area contributed by atoms with Crippen LogP contribution in [-0.2, 0) is 6.54 Å². The highest BCUT2D eigenvalue weighted by Gasteiger charge is 2.08. The maximum absolute atomic E-state index is 13.6. The minimum absolute atomic E-state index is 0.252. The lowest BCUT2D eigenvalue weighted by atomic mass is 10.2. The van der Waals surface area contributed by atoms with E-state index in [1.165, 1.54) is 13.2 Å². The fourth-order valence-corrected chi connectivity index (χ4v) is 1.88. The third-order valence-corrected chi connectivity index (χ3v) is 3.25. The summed E-state index contributed by atoms with van der Waals surface area (Å²) in [6, 6.07) is 6.92. The minimum Gasteiger partial charge on any atom is -0.494 e. The van der Waals surface area contributed by atoms with Crippen molar-refractivity contribution in [3.63, 3.8) is 0 Å². The number of halogens is 1. The smallest absolute Gasteiger partial charge is 0.165 e. The molecule has 4 nitrogen and oxygen atoms in total. The largest absolute Gasteiger partial charge is 0.494 e. The van der Waals surface area contributed by atoms with Crippen molar-refractivity contribution in [1.82, 2.24) is 10.2 Å². The summed E-state index contributed by atoms with van der Waals surface area (Å²) in [5.74, 6) is 0.663. The molecule has 0 aliphatic rings. The van der Waals surface area contributed by atoms with Crippen molar-refractivity contribution < 1.29 is 9.13 Å². The highest BCUT2D eigenvalue weighted by molar-refractivity contribution is 5.41. The minimum atomic E-state index is -0.357. The van der Waals surface area contributed by atoms with Gasteiger partial charge in [0.2, 0.25) is 0 Å². The number of benzene rings is 1. The Hall–Kier alpha value is -2.17. The van der Waals surface area contributed by atoms with Crippen molar-refractivity contribution >= 4 is 5.82 Å². The number of hydrogen-bond acceptors (Lipinski definition) is 4. The highest BCUT2D eigenvalue weighted by Crippen LogP contribution is 2.20. The fraction of sp³-hybridized carbons (Fsp3) is 0.333. The van der Waals surface area contributed by atoms with Gasteiger partial charge < -0.3 is 9.64 Å². The lowest BCUT2D eigenvalue weighted by molar-refractivity contribution is 0.386. The molecular weight excluding hydrogens is 257 g/mol. The molecule has 0 radical (unpaired) electrons. The Morgan fingerprint density at radius 1 is 1.20 bits per heavy atom. The standard InChI is InChI=1S/C15H18FN3O/c1-10-7-15(18-17-11(10)2)19(3)9-12-5-6-14(20-4)13(16)8-12/h5-8H,9H2,1-4H3. The first-order chi connectivity index (χ1) is 9.51. The number of anilines is 1. The maximum Gasteiger partial charge on any atom is 0.165 e. The lowest BCUT2D eigenvalue weighted by Gasteiger charge is -2.18. The van der Waals surface area contributed by atoms with Gasteiger partial charge in [0.1, 0.15) is 0 Å². The van der Waals surface area contributed by atoms with Crippen LogP contribution in [0.25, 0.3) is 0 Å². The van der Waals surface area contributed by atoms with Crippen molar-refractivity contribution in [3.8, 4) is 5.75 Å². The van der Waals surface area contributed by atoms with Crippen LogP contribution >= 0.6 is 0 Å². The maximum atomic E-state index is 13.6. The SMILES string of the molecule is COc1ccc(CN(C)c2cc(C)c(C)nn2)cc1F. The number of nitrogens with zero attached hydrogens (tertiary/aromatic N) is 3. The van der Waals surface area contributed by atoms with Crippen LogP contribution in [0.4, 0.5) is 10.2 Å². The molecule has 2 aromatic rings. The molecule has 5 heteroatoms. The van der Waals surface area contributed by atoms with Crippen LogP contribution < -0.4 is 9.64 Å². The molecule has 0 fully saturated rings. The second kappa shape index (κ2) is 5.86. The van der Waals surface area contributed by atoms with Crippen molar-refractivity contribution in [2.24, 2.45) is 0 Å². The summed E-state index contributed by atoms with van der Waals surface area (Å²) >= 11 is 0. The molecule has 0 saturated carbocycles. The molecule has 0 N–H and O–H groups in total. The lowest BCUT2D eigenvalue weighted by Crippen LogP contribution is -2.18. The quantitative estimate of drug-likeness (QED) is 0.860. The highest BCUT2D eigenvalue weighted by atomic mass is 19.1. The Kier molecular flexibility index (Phi) is 4.17. The van der Waals surface area contributed by atoms with Gasteiger partial charge in [-0.25, -0.2) is 4.39 Å². The molecule has 0 aliphatic carbocycles. The molecule has 0 aliphatic heterocycles. The van der Waals surface area contributed by atoms with Crippen LogP contribution in [0.3, 0.4) is 0 Å². The van der Waals surface area contributed by atoms with E-state index < -0.39 is 0 Å². The van der Waals surface area contributed by atoms with Crippen molar-refractivity contribution in [2.45, 2.75) is 20.4 Å². The average molecular weight is 275 g/mol. The first-order valence-electron chi connectivity index (χ1n) is 6.35.